The fourth-order valence-corrected chi connectivity index (χ4v) is 3.01. The van der Waals surface area contributed by atoms with Gasteiger partial charge < -0.3 is 24.1 Å². The zero-order chi connectivity index (χ0) is 18.4. The average molecular weight is 356 g/mol. The van der Waals surface area contributed by atoms with E-state index >= 15 is 0 Å². The molecule has 1 aliphatic heterocycles. The molecule has 5 heteroatoms. The molecule has 2 aromatic carbocycles. The van der Waals surface area contributed by atoms with Gasteiger partial charge in [0.2, 0.25) is 0 Å². The summed E-state index contributed by atoms with van der Waals surface area (Å²) in [6.45, 7) is 2.59. The molecule has 0 aromatic heterocycles. The van der Waals surface area contributed by atoms with Crippen LogP contribution in [0.3, 0.4) is 0 Å². The Balaban J connectivity index is 1.47. The Morgan fingerprint density at radius 2 is 1.65 bits per heavy atom. The molecule has 0 amide bonds. The third-order valence-corrected chi connectivity index (χ3v) is 4.71. The highest BCUT2D eigenvalue weighted by molar-refractivity contribution is 5.57. The SMILES string of the molecule is C[C@@H]1[C@@H](C(C=O)OCc2ccccc2)O[C@]1(O)COCc1ccccc1. The van der Waals surface area contributed by atoms with E-state index in [4.69, 9.17) is 14.2 Å². The molecule has 26 heavy (non-hydrogen) atoms. The van der Waals surface area contributed by atoms with Crippen molar-refractivity contribution in [3.8, 4) is 0 Å². The first-order valence-corrected chi connectivity index (χ1v) is 8.75. The van der Waals surface area contributed by atoms with Gasteiger partial charge >= 0.3 is 0 Å². The molecular formula is C21H24O5. The van der Waals surface area contributed by atoms with Crippen LogP contribution in [-0.4, -0.2) is 36.0 Å². The number of carbonyl (C=O) groups is 1. The van der Waals surface area contributed by atoms with E-state index in [9.17, 15) is 9.90 Å². The number of aliphatic hydroxyl groups is 1. The van der Waals surface area contributed by atoms with E-state index < -0.39 is 18.0 Å². The maximum absolute atomic E-state index is 11.4. The Labute approximate surface area is 153 Å². The molecule has 1 saturated heterocycles. The smallest absolute Gasteiger partial charge is 0.195 e. The van der Waals surface area contributed by atoms with E-state index in [2.05, 4.69) is 0 Å². The molecule has 138 valence electrons. The van der Waals surface area contributed by atoms with Crippen molar-refractivity contribution in [2.75, 3.05) is 6.61 Å². The normalized spacial score (nSPS) is 26.1. The van der Waals surface area contributed by atoms with Gasteiger partial charge in [-0.05, 0) is 11.1 Å². The summed E-state index contributed by atoms with van der Waals surface area (Å²) in [5.74, 6) is -1.67. The summed E-state index contributed by atoms with van der Waals surface area (Å²) in [5.41, 5.74) is 2.00. The monoisotopic (exact) mass is 356 g/mol. The lowest BCUT2D eigenvalue weighted by Crippen LogP contribution is -2.65. The molecule has 1 heterocycles. The van der Waals surface area contributed by atoms with Gasteiger partial charge in [-0.15, -0.1) is 0 Å². The molecule has 0 spiro atoms. The quantitative estimate of drug-likeness (QED) is 0.700. The zero-order valence-corrected chi connectivity index (χ0v) is 14.8. The van der Waals surface area contributed by atoms with Crippen LogP contribution in [0, 0.1) is 5.92 Å². The number of ether oxygens (including phenoxy) is 3. The van der Waals surface area contributed by atoms with Crippen LogP contribution in [0.25, 0.3) is 0 Å². The van der Waals surface area contributed by atoms with Crippen molar-refractivity contribution in [3.05, 3.63) is 71.8 Å². The van der Waals surface area contributed by atoms with E-state index in [1.54, 1.807) is 0 Å². The Kier molecular flexibility index (Phi) is 6.16. The van der Waals surface area contributed by atoms with Crippen molar-refractivity contribution in [2.24, 2.45) is 5.92 Å². The summed E-state index contributed by atoms with van der Waals surface area (Å²) in [6, 6.07) is 19.3. The van der Waals surface area contributed by atoms with Gasteiger partial charge in [-0.2, -0.15) is 0 Å². The lowest BCUT2D eigenvalue weighted by atomic mass is 9.85. The number of hydrogen-bond acceptors (Lipinski definition) is 5. The van der Waals surface area contributed by atoms with Gasteiger partial charge in [-0.1, -0.05) is 67.6 Å². The molecular weight excluding hydrogens is 332 g/mol. The number of benzene rings is 2. The lowest BCUT2D eigenvalue weighted by Gasteiger charge is -2.51. The van der Waals surface area contributed by atoms with Crippen molar-refractivity contribution in [1.82, 2.24) is 0 Å². The summed E-state index contributed by atoms with van der Waals surface area (Å²) in [4.78, 5) is 11.4. The zero-order valence-electron chi connectivity index (χ0n) is 14.8. The molecule has 0 saturated carbocycles. The minimum atomic E-state index is -1.39. The largest absolute Gasteiger partial charge is 0.371 e. The van der Waals surface area contributed by atoms with Crippen LogP contribution in [0.4, 0.5) is 0 Å². The third-order valence-electron chi connectivity index (χ3n) is 4.71. The minimum Gasteiger partial charge on any atom is -0.371 e. The molecule has 1 N–H and O–H groups in total. The molecule has 0 bridgehead atoms. The number of rotatable bonds is 9. The van der Waals surface area contributed by atoms with E-state index in [0.717, 1.165) is 17.4 Å². The third kappa shape index (κ3) is 4.37. The van der Waals surface area contributed by atoms with Crippen LogP contribution in [0.15, 0.2) is 60.7 Å². The lowest BCUT2D eigenvalue weighted by molar-refractivity contribution is -0.388. The number of hydrogen-bond donors (Lipinski definition) is 1. The van der Waals surface area contributed by atoms with Crippen molar-refractivity contribution >= 4 is 6.29 Å². The summed E-state index contributed by atoms with van der Waals surface area (Å²) in [5, 5.41) is 10.5. The molecule has 1 aliphatic rings. The molecule has 0 radical (unpaired) electrons. The molecule has 3 rings (SSSR count). The first kappa shape index (κ1) is 18.7. The summed E-state index contributed by atoms with van der Waals surface area (Å²) < 4.78 is 16.9. The Morgan fingerprint density at radius 1 is 1.08 bits per heavy atom. The molecule has 1 unspecified atom stereocenters. The van der Waals surface area contributed by atoms with Gasteiger partial charge in [0.15, 0.2) is 12.1 Å². The van der Waals surface area contributed by atoms with E-state index in [1.807, 2.05) is 67.6 Å². The molecule has 5 nitrogen and oxygen atoms in total. The minimum absolute atomic E-state index is 0.0455. The maximum atomic E-state index is 11.4. The Bertz CT molecular complexity index is 690. The highest BCUT2D eigenvalue weighted by Crippen LogP contribution is 2.39. The molecule has 4 atom stereocenters. The molecule has 0 aliphatic carbocycles. The molecule has 2 aromatic rings. The van der Waals surface area contributed by atoms with Gasteiger partial charge in [0, 0.05) is 5.92 Å². The highest BCUT2D eigenvalue weighted by Gasteiger charge is 2.55. The molecule has 1 fully saturated rings. The maximum Gasteiger partial charge on any atom is 0.195 e. The predicted molar refractivity (Wildman–Crippen MR) is 96.2 cm³/mol. The van der Waals surface area contributed by atoms with Crippen molar-refractivity contribution < 1.29 is 24.1 Å². The fraction of sp³-hybridized carbons (Fsp3) is 0.381. The van der Waals surface area contributed by atoms with E-state index in [-0.39, 0.29) is 12.5 Å². The highest BCUT2D eigenvalue weighted by atomic mass is 16.7. The number of carbonyl (C=O) groups excluding carboxylic acids is 1. The topological polar surface area (TPSA) is 65.0 Å². The van der Waals surface area contributed by atoms with Gasteiger partial charge in [0.25, 0.3) is 0 Å². The second-order valence-electron chi connectivity index (χ2n) is 6.59. The van der Waals surface area contributed by atoms with Gasteiger partial charge in [-0.3, -0.25) is 0 Å². The van der Waals surface area contributed by atoms with Gasteiger partial charge in [0.1, 0.15) is 18.8 Å². The Hall–Kier alpha value is -2.05. The second-order valence-corrected chi connectivity index (χ2v) is 6.59. The van der Waals surface area contributed by atoms with Gasteiger partial charge in [0.05, 0.1) is 13.2 Å². The predicted octanol–water partition coefficient (Wildman–Crippen LogP) is 2.71. The van der Waals surface area contributed by atoms with Crippen molar-refractivity contribution in [3.63, 3.8) is 0 Å². The first-order valence-electron chi connectivity index (χ1n) is 8.75. The van der Waals surface area contributed by atoms with Crippen LogP contribution in [0.1, 0.15) is 18.1 Å². The Morgan fingerprint density at radius 3 is 2.19 bits per heavy atom. The standard InChI is InChI=1S/C21H24O5/c1-16-20(19(12-22)25-14-18-10-6-3-7-11-18)26-21(16,23)15-24-13-17-8-4-2-5-9-17/h2-12,16,19-20,23H,13-15H2,1H3/t16-,19?,20+,21-/m1/s1. The van der Waals surface area contributed by atoms with Crippen LogP contribution in [0.5, 0.6) is 0 Å². The summed E-state index contributed by atoms with van der Waals surface area (Å²) >= 11 is 0. The summed E-state index contributed by atoms with van der Waals surface area (Å²) in [6.07, 6.45) is -0.477. The first-order chi connectivity index (χ1) is 12.6. The van der Waals surface area contributed by atoms with Crippen molar-refractivity contribution in [2.45, 2.75) is 38.1 Å². The van der Waals surface area contributed by atoms with Crippen LogP contribution in [-0.2, 0) is 32.2 Å². The average Bonchev–Trinajstić information content (AvgIpc) is 2.69. The van der Waals surface area contributed by atoms with Crippen LogP contribution in [0.2, 0.25) is 0 Å². The number of aldehydes is 1. The fourth-order valence-electron chi connectivity index (χ4n) is 3.01. The van der Waals surface area contributed by atoms with E-state index in [0.29, 0.717) is 13.2 Å². The van der Waals surface area contributed by atoms with Gasteiger partial charge in [-0.25, -0.2) is 0 Å². The second kappa shape index (κ2) is 8.56. The van der Waals surface area contributed by atoms with Crippen LogP contribution < -0.4 is 0 Å². The van der Waals surface area contributed by atoms with Crippen LogP contribution >= 0.6 is 0 Å². The summed E-state index contributed by atoms with van der Waals surface area (Å²) in [7, 11) is 0. The van der Waals surface area contributed by atoms with E-state index in [1.165, 1.54) is 0 Å². The van der Waals surface area contributed by atoms with Crippen molar-refractivity contribution in [1.29, 1.82) is 0 Å².